The fourth-order valence-electron chi connectivity index (χ4n) is 3.33. The van der Waals surface area contributed by atoms with E-state index >= 15 is 0 Å². The minimum atomic E-state index is -4.45. The summed E-state index contributed by atoms with van der Waals surface area (Å²) in [6, 6.07) is 6.43. The molecule has 1 aliphatic carbocycles. The molecule has 0 unspecified atom stereocenters. The van der Waals surface area contributed by atoms with E-state index in [0.29, 0.717) is 12.2 Å². The lowest BCUT2D eigenvalue weighted by Crippen LogP contribution is -2.40. The van der Waals surface area contributed by atoms with Gasteiger partial charge in [-0.15, -0.1) is 0 Å². The summed E-state index contributed by atoms with van der Waals surface area (Å²) >= 11 is 0. The summed E-state index contributed by atoms with van der Waals surface area (Å²) in [6.45, 7) is -1.29. The third-order valence-electron chi connectivity index (χ3n) is 5.14. The van der Waals surface area contributed by atoms with E-state index in [4.69, 9.17) is 0 Å². The van der Waals surface area contributed by atoms with E-state index in [1.807, 2.05) is 24.3 Å². The maximum Gasteiger partial charge on any atom is 0.405 e. The number of rotatable bonds is 6. The second-order valence-corrected chi connectivity index (χ2v) is 7.79. The number of nitrogens with zero attached hydrogens (tertiary/aromatic N) is 1. The maximum absolute atomic E-state index is 12.2. The molecule has 3 aliphatic rings. The minimum absolute atomic E-state index is 0.0282. The Morgan fingerprint density at radius 1 is 1.12 bits per heavy atom. The van der Waals surface area contributed by atoms with Crippen molar-refractivity contribution in [2.75, 3.05) is 6.54 Å². The molecule has 0 aromatic heterocycles. The maximum atomic E-state index is 12.2. The summed E-state index contributed by atoms with van der Waals surface area (Å²) in [5, 5.41) is 10.2. The van der Waals surface area contributed by atoms with E-state index in [1.54, 1.807) is 23.6 Å². The van der Waals surface area contributed by atoms with E-state index in [9.17, 15) is 22.8 Å². The number of aliphatic imine (C=N–C) groups is 1. The highest BCUT2D eigenvalue weighted by Crippen LogP contribution is 2.31. The van der Waals surface area contributed by atoms with Crippen molar-refractivity contribution in [3.63, 3.8) is 0 Å². The molecule has 1 fully saturated rings. The summed E-state index contributed by atoms with van der Waals surface area (Å²) in [6.07, 6.45) is 3.53. The third-order valence-corrected chi connectivity index (χ3v) is 5.14. The van der Waals surface area contributed by atoms with Crippen LogP contribution in [-0.2, 0) is 11.3 Å². The molecule has 1 aromatic rings. The van der Waals surface area contributed by atoms with Gasteiger partial charge in [0.15, 0.2) is 0 Å². The smallest absolute Gasteiger partial charge is 0.350 e. The van der Waals surface area contributed by atoms with Gasteiger partial charge in [0.25, 0.3) is 0 Å². The molecule has 2 heterocycles. The van der Waals surface area contributed by atoms with Crippen LogP contribution in [0.3, 0.4) is 0 Å². The molecule has 2 bridgehead atoms. The van der Waals surface area contributed by atoms with Gasteiger partial charge in [-0.2, -0.15) is 13.2 Å². The molecule has 4 N–H and O–H groups in total. The number of amidine groups is 1. The number of urea groups is 1. The van der Waals surface area contributed by atoms with E-state index in [-0.39, 0.29) is 18.4 Å². The van der Waals surface area contributed by atoms with E-state index in [0.717, 1.165) is 41.0 Å². The number of alkyl halides is 3. The Hall–Kier alpha value is -3.56. The number of amides is 3. The molecule has 32 heavy (non-hydrogen) atoms. The van der Waals surface area contributed by atoms with Crippen LogP contribution in [0.25, 0.3) is 5.57 Å². The first-order valence-electron chi connectivity index (χ1n) is 10.2. The van der Waals surface area contributed by atoms with Crippen LogP contribution >= 0.6 is 0 Å². The quantitative estimate of drug-likeness (QED) is 0.542. The lowest BCUT2D eigenvalue weighted by molar-refractivity contribution is -0.123. The van der Waals surface area contributed by atoms with E-state index < -0.39 is 18.8 Å². The number of hydrogen-bond acceptors (Lipinski definition) is 4. The molecule has 168 valence electrons. The molecule has 0 atom stereocenters. The van der Waals surface area contributed by atoms with Gasteiger partial charge < -0.3 is 21.3 Å². The first-order valence-corrected chi connectivity index (χ1v) is 10.2. The second kappa shape index (κ2) is 8.89. The monoisotopic (exact) mass is 445 g/mol. The van der Waals surface area contributed by atoms with Crippen molar-refractivity contribution < 1.29 is 22.8 Å². The predicted octanol–water partition coefficient (Wildman–Crippen LogP) is 3.09. The SMILES string of the molecule is O=C(NCc1ccc(C2=C3C=CNC(=NC(NC(=O)C4CC4)=C2)C3)cc1)NCC(F)(F)F. The highest BCUT2D eigenvalue weighted by Gasteiger charge is 2.30. The van der Waals surface area contributed by atoms with Crippen molar-refractivity contribution in [2.24, 2.45) is 10.9 Å². The van der Waals surface area contributed by atoms with Gasteiger partial charge >= 0.3 is 12.2 Å². The largest absolute Gasteiger partial charge is 0.405 e. The molecule has 1 aromatic carbocycles. The van der Waals surface area contributed by atoms with Crippen molar-refractivity contribution >= 4 is 23.3 Å². The van der Waals surface area contributed by atoms with Crippen LogP contribution in [0.5, 0.6) is 0 Å². The molecule has 7 nitrogen and oxygen atoms in total. The zero-order valence-electron chi connectivity index (χ0n) is 17.1. The normalized spacial score (nSPS) is 17.6. The number of benzene rings is 1. The Morgan fingerprint density at radius 2 is 1.88 bits per heavy atom. The zero-order chi connectivity index (χ0) is 22.7. The van der Waals surface area contributed by atoms with Crippen LogP contribution < -0.4 is 21.3 Å². The molecule has 2 aliphatic heterocycles. The third kappa shape index (κ3) is 5.77. The molecule has 3 amide bonds. The summed E-state index contributed by atoms with van der Waals surface area (Å²) in [7, 11) is 0. The first-order chi connectivity index (χ1) is 15.3. The van der Waals surface area contributed by atoms with Crippen LogP contribution in [-0.4, -0.2) is 30.5 Å². The summed E-state index contributed by atoms with van der Waals surface area (Å²) in [5.41, 5.74) is 3.58. The average molecular weight is 445 g/mol. The molecule has 0 radical (unpaired) electrons. The first kappa shape index (κ1) is 21.7. The van der Waals surface area contributed by atoms with Gasteiger partial charge in [-0.05, 0) is 47.3 Å². The van der Waals surface area contributed by atoms with Gasteiger partial charge in [0.2, 0.25) is 5.91 Å². The van der Waals surface area contributed by atoms with Gasteiger partial charge in [0.1, 0.15) is 18.2 Å². The van der Waals surface area contributed by atoms with Crippen molar-refractivity contribution in [1.82, 2.24) is 21.3 Å². The second-order valence-electron chi connectivity index (χ2n) is 7.79. The molecule has 0 spiro atoms. The zero-order valence-corrected chi connectivity index (χ0v) is 17.1. The Kier molecular flexibility index (Phi) is 6.02. The number of halogens is 3. The summed E-state index contributed by atoms with van der Waals surface area (Å²) < 4.78 is 36.5. The Morgan fingerprint density at radius 3 is 2.56 bits per heavy atom. The molecular formula is C22H22F3N5O2. The topological polar surface area (TPSA) is 94.6 Å². The lowest BCUT2D eigenvalue weighted by atomic mass is 9.95. The molecular weight excluding hydrogens is 423 g/mol. The van der Waals surface area contributed by atoms with Gasteiger partial charge in [-0.25, -0.2) is 9.79 Å². The fraction of sp³-hybridized carbons (Fsp3) is 0.318. The molecule has 10 heteroatoms. The highest BCUT2D eigenvalue weighted by atomic mass is 19.4. The number of hydrogen-bond donors (Lipinski definition) is 4. The number of fused-ring (bicyclic) bond motifs is 2. The number of allylic oxidation sites excluding steroid dienone is 3. The molecule has 4 rings (SSSR count). The number of carbonyl (C=O) groups excluding carboxylic acids is 2. The van der Waals surface area contributed by atoms with E-state index in [1.165, 1.54) is 0 Å². The predicted molar refractivity (Wildman–Crippen MR) is 113 cm³/mol. The minimum Gasteiger partial charge on any atom is -0.350 e. The van der Waals surface area contributed by atoms with Crippen LogP contribution in [0, 0.1) is 5.92 Å². The van der Waals surface area contributed by atoms with Gasteiger partial charge in [0.05, 0.1) is 0 Å². The number of carbonyl (C=O) groups is 2. The Bertz CT molecular complexity index is 1030. The van der Waals surface area contributed by atoms with Crippen LogP contribution in [0.2, 0.25) is 0 Å². The van der Waals surface area contributed by atoms with Gasteiger partial charge in [-0.1, -0.05) is 24.3 Å². The van der Waals surface area contributed by atoms with Crippen LogP contribution in [0.1, 0.15) is 30.4 Å². The van der Waals surface area contributed by atoms with Gasteiger partial charge in [0, 0.05) is 25.1 Å². The molecule has 0 saturated heterocycles. The lowest BCUT2D eigenvalue weighted by Gasteiger charge is -2.14. The summed E-state index contributed by atoms with van der Waals surface area (Å²) in [4.78, 5) is 28.3. The van der Waals surface area contributed by atoms with Gasteiger partial charge in [-0.3, -0.25) is 4.79 Å². The van der Waals surface area contributed by atoms with Crippen LogP contribution in [0.4, 0.5) is 18.0 Å². The standard InChI is InChI=1S/C22H22F3N5O2/c23-22(24,25)12-28-21(32)27-11-13-1-3-14(4-2-13)17-10-19(30-20(31)15-5-6-15)29-18-9-16(17)7-8-26-18/h1-4,7-8,10,15H,5-6,9,11-12H2,(H,26,29)(H,30,31)(H2,27,28,32). The Labute approximate surface area is 182 Å². The van der Waals surface area contributed by atoms with Crippen molar-refractivity contribution in [1.29, 1.82) is 0 Å². The number of nitrogens with one attached hydrogen (secondary N) is 4. The summed E-state index contributed by atoms with van der Waals surface area (Å²) in [5.74, 6) is 1.25. The van der Waals surface area contributed by atoms with Crippen LogP contribution in [0.15, 0.2) is 59.0 Å². The van der Waals surface area contributed by atoms with Crippen molar-refractivity contribution in [3.8, 4) is 0 Å². The highest BCUT2D eigenvalue weighted by molar-refractivity contribution is 5.95. The van der Waals surface area contributed by atoms with Crippen molar-refractivity contribution in [3.05, 3.63) is 65.1 Å². The average Bonchev–Trinajstić information content (AvgIpc) is 3.60. The van der Waals surface area contributed by atoms with E-state index in [2.05, 4.69) is 20.9 Å². The molecule has 1 saturated carbocycles. The van der Waals surface area contributed by atoms with Crippen molar-refractivity contribution in [2.45, 2.75) is 32.0 Å². The Balaban J connectivity index is 1.45. The fourth-order valence-corrected chi connectivity index (χ4v) is 3.33.